The maximum absolute atomic E-state index is 13.5. The van der Waals surface area contributed by atoms with E-state index in [2.05, 4.69) is 40.9 Å². The Kier molecular flexibility index (Phi) is 10.0. The minimum atomic E-state index is -3.16. The van der Waals surface area contributed by atoms with Gasteiger partial charge < -0.3 is 23.4 Å². The van der Waals surface area contributed by atoms with E-state index in [-0.39, 0.29) is 74.2 Å². The van der Waals surface area contributed by atoms with Crippen molar-refractivity contribution in [2.45, 2.75) is 59.0 Å². The van der Waals surface area contributed by atoms with Crippen molar-refractivity contribution in [3.05, 3.63) is 82.9 Å². The minimum Gasteiger partial charge on any atom is -0.480 e. The smallest absolute Gasteiger partial charge is 0.387 e. The first kappa shape index (κ1) is 38.4. The zero-order valence-corrected chi connectivity index (χ0v) is 31.1. The molecule has 0 radical (unpaired) electrons. The molecule has 4 heterocycles. The van der Waals surface area contributed by atoms with Crippen molar-refractivity contribution >= 4 is 28.2 Å². The number of carboxylic acids is 1. The highest BCUT2D eigenvalue weighted by atomic mass is 19.3. The van der Waals surface area contributed by atoms with Gasteiger partial charge in [0.2, 0.25) is 11.8 Å². The fraction of sp³-hybridized carbons (Fsp3) is 0.310. The largest absolute Gasteiger partial charge is 0.480 e. The molecule has 12 nitrogen and oxygen atoms in total. The van der Waals surface area contributed by atoms with Gasteiger partial charge in [-0.1, -0.05) is 38.1 Å². The van der Waals surface area contributed by atoms with Crippen molar-refractivity contribution in [1.82, 2.24) is 19.8 Å². The SMILES string of the molecule is CC1(C)CN(Cc2cc3nc(-c4cccc(-c5cccc(-c6nc7cc(CN8CCC[C@H]8C(=O)O)c(OC(F)F)cc7o6)c5C#N)c4C#N)oc3cc2OC(F)F)C1. The molecule has 2 aliphatic rings. The van der Waals surface area contributed by atoms with Crippen molar-refractivity contribution in [2.24, 2.45) is 5.41 Å². The molecule has 2 aliphatic heterocycles. The molecule has 0 unspecified atom stereocenters. The van der Waals surface area contributed by atoms with Gasteiger partial charge >= 0.3 is 19.2 Å². The lowest BCUT2D eigenvalue weighted by Gasteiger charge is -2.46. The topological polar surface area (TPSA) is 162 Å². The molecule has 1 atom stereocenters. The Balaban J connectivity index is 1.16. The first-order valence-corrected chi connectivity index (χ1v) is 18.3. The lowest BCUT2D eigenvalue weighted by atomic mass is 9.84. The Morgan fingerprint density at radius 3 is 1.76 bits per heavy atom. The maximum atomic E-state index is 13.5. The van der Waals surface area contributed by atoms with Gasteiger partial charge in [0.25, 0.3) is 0 Å². The molecule has 1 N–H and O–H groups in total. The molecule has 0 bridgehead atoms. The molecular weight excluding hydrogens is 760 g/mol. The van der Waals surface area contributed by atoms with E-state index in [0.717, 1.165) is 13.1 Å². The monoisotopic (exact) mass is 794 g/mol. The normalized spacial score (nSPS) is 16.8. The number of alkyl halides is 4. The maximum Gasteiger partial charge on any atom is 0.387 e. The number of hydrogen-bond acceptors (Lipinski definition) is 11. The van der Waals surface area contributed by atoms with Crippen molar-refractivity contribution in [2.75, 3.05) is 19.6 Å². The quantitative estimate of drug-likeness (QED) is 0.117. The summed E-state index contributed by atoms with van der Waals surface area (Å²) in [5, 5.41) is 30.7. The third-order valence-electron chi connectivity index (χ3n) is 10.4. The molecule has 296 valence electrons. The third kappa shape index (κ3) is 7.40. The molecule has 8 rings (SSSR count). The van der Waals surface area contributed by atoms with E-state index in [1.165, 1.54) is 18.2 Å². The van der Waals surface area contributed by atoms with Gasteiger partial charge in [0, 0.05) is 60.6 Å². The molecule has 4 aromatic carbocycles. The fourth-order valence-electron chi connectivity index (χ4n) is 8.07. The van der Waals surface area contributed by atoms with Crippen LogP contribution in [0.3, 0.4) is 0 Å². The van der Waals surface area contributed by atoms with Gasteiger partial charge in [0.05, 0.1) is 22.3 Å². The highest BCUT2D eigenvalue weighted by Crippen LogP contribution is 2.41. The Morgan fingerprint density at radius 1 is 0.828 bits per heavy atom. The Morgan fingerprint density at radius 2 is 1.31 bits per heavy atom. The lowest BCUT2D eigenvalue weighted by Crippen LogP contribution is -2.52. The van der Waals surface area contributed by atoms with Crippen LogP contribution in [0.2, 0.25) is 0 Å². The van der Waals surface area contributed by atoms with Gasteiger partial charge in [-0.05, 0) is 49.1 Å². The molecule has 6 aromatic rings. The average Bonchev–Trinajstić information content (AvgIpc) is 3.91. The van der Waals surface area contributed by atoms with Crippen LogP contribution in [0.4, 0.5) is 17.6 Å². The second kappa shape index (κ2) is 15.1. The number of aromatic nitrogens is 2. The van der Waals surface area contributed by atoms with Gasteiger partial charge in [-0.3, -0.25) is 14.6 Å². The van der Waals surface area contributed by atoms with Crippen LogP contribution in [0.1, 0.15) is 48.9 Å². The average molecular weight is 795 g/mol. The molecule has 0 aliphatic carbocycles. The van der Waals surface area contributed by atoms with Crippen molar-refractivity contribution in [1.29, 1.82) is 10.5 Å². The van der Waals surface area contributed by atoms with Gasteiger partial charge in [-0.2, -0.15) is 28.1 Å². The number of fused-ring (bicyclic) bond motifs is 2. The predicted octanol–water partition coefficient (Wildman–Crippen LogP) is 8.81. The summed E-state index contributed by atoms with van der Waals surface area (Å²) < 4.78 is 75.7. The number of nitrogens with zero attached hydrogens (tertiary/aromatic N) is 6. The number of oxazole rings is 2. The molecule has 0 saturated carbocycles. The highest BCUT2D eigenvalue weighted by molar-refractivity contribution is 5.88. The molecule has 58 heavy (non-hydrogen) atoms. The summed E-state index contributed by atoms with van der Waals surface area (Å²) in [5.41, 5.74) is 3.29. The number of likely N-dealkylation sites (tertiary alicyclic amines) is 2. The Labute approximate surface area is 328 Å². The predicted molar refractivity (Wildman–Crippen MR) is 201 cm³/mol. The standard InChI is InChI=1S/C42H34F4N6O6/c1-42(2)20-51(21-42)18-22-12-30-35(14-33(22)57-40(43)44)55-37(49-30)26-8-3-6-24(28(26)16-47)25-7-4-9-27(29(25)17-48)38-50-31-13-23(19-52-11-5-10-32(52)39(53)54)34(58-41(45)46)15-36(31)56-38/h3-4,6-9,12-15,32,40-41H,5,10-11,18-21H2,1-2H3,(H,53,54)/t32-/m0/s1. The van der Waals surface area contributed by atoms with Crippen LogP contribution < -0.4 is 9.47 Å². The number of carboxylic acid groups (broad SMARTS) is 1. The number of rotatable bonds is 12. The van der Waals surface area contributed by atoms with E-state index in [1.807, 2.05) is 0 Å². The Bertz CT molecular complexity index is 2660. The number of halogens is 4. The first-order valence-electron chi connectivity index (χ1n) is 18.3. The van der Waals surface area contributed by atoms with Gasteiger partial charge in [-0.15, -0.1) is 0 Å². The molecule has 2 aromatic heterocycles. The van der Waals surface area contributed by atoms with E-state index >= 15 is 0 Å². The van der Waals surface area contributed by atoms with Crippen LogP contribution in [0.5, 0.6) is 11.5 Å². The summed E-state index contributed by atoms with van der Waals surface area (Å²) >= 11 is 0. The van der Waals surface area contributed by atoms with Crippen molar-refractivity contribution in [3.63, 3.8) is 0 Å². The number of ether oxygens (including phenoxy) is 2. The molecule has 0 amide bonds. The summed E-state index contributed by atoms with van der Waals surface area (Å²) in [5.74, 6) is -1.20. The van der Waals surface area contributed by atoms with Crippen LogP contribution in [-0.2, 0) is 17.9 Å². The molecule has 0 spiro atoms. The zero-order chi connectivity index (χ0) is 40.9. The van der Waals surface area contributed by atoms with Crippen LogP contribution >= 0.6 is 0 Å². The number of carbonyl (C=O) groups is 1. The summed E-state index contributed by atoms with van der Waals surface area (Å²) in [6, 6.07) is 19.2. The highest BCUT2D eigenvalue weighted by Gasteiger charge is 2.35. The third-order valence-corrected chi connectivity index (χ3v) is 10.4. The number of hydrogen-bond donors (Lipinski definition) is 1. The molecule has 2 saturated heterocycles. The summed E-state index contributed by atoms with van der Waals surface area (Å²) in [6.07, 6.45) is 1.06. The second-order valence-electron chi connectivity index (χ2n) is 15.1. The van der Waals surface area contributed by atoms with E-state index in [9.17, 15) is 38.0 Å². The minimum absolute atomic E-state index is 0.00818. The summed E-state index contributed by atoms with van der Waals surface area (Å²) in [4.78, 5) is 24.8. The van der Waals surface area contributed by atoms with Gasteiger partial charge in [0.1, 0.15) is 40.7 Å². The summed E-state index contributed by atoms with van der Waals surface area (Å²) in [7, 11) is 0. The van der Waals surface area contributed by atoms with Crippen LogP contribution in [0, 0.1) is 28.1 Å². The van der Waals surface area contributed by atoms with Crippen molar-refractivity contribution < 1.29 is 45.8 Å². The van der Waals surface area contributed by atoms with Crippen LogP contribution in [0.15, 0.2) is 69.5 Å². The number of aliphatic carboxylic acids is 1. The van der Waals surface area contributed by atoms with Crippen LogP contribution in [0.25, 0.3) is 56.2 Å². The summed E-state index contributed by atoms with van der Waals surface area (Å²) in [6.45, 7) is 0.443. The van der Waals surface area contributed by atoms with Gasteiger partial charge in [0.15, 0.2) is 11.2 Å². The lowest BCUT2D eigenvalue weighted by molar-refractivity contribution is -0.142. The van der Waals surface area contributed by atoms with Crippen molar-refractivity contribution in [3.8, 4) is 57.7 Å². The Hall–Kier alpha value is -6.49. The van der Waals surface area contributed by atoms with Gasteiger partial charge in [-0.25, -0.2) is 9.97 Å². The van der Waals surface area contributed by atoms with E-state index in [1.54, 1.807) is 47.4 Å². The fourth-order valence-corrected chi connectivity index (χ4v) is 8.07. The molecular formula is C42H34F4N6O6. The molecule has 2 fully saturated rings. The van der Waals surface area contributed by atoms with Crippen LogP contribution in [-0.4, -0.2) is 69.7 Å². The molecule has 16 heteroatoms. The second-order valence-corrected chi connectivity index (χ2v) is 15.1. The first-order chi connectivity index (χ1) is 27.8. The van der Waals surface area contributed by atoms with E-state index in [0.29, 0.717) is 53.7 Å². The van der Waals surface area contributed by atoms with E-state index < -0.39 is 25.2 Å². The number of benzene rings is 4. The zero-order valence-electron chi connectivity index (χ0n) is 31.1. The van der Waals surface area contributed by atoms with E-state index in [4.69, 9.17) is 18.3 Å². The number of nitriles is 2.